The highest BCUT2D eigenvalue weighted by atomic mass is 28.3. The molecule has 0 bridgehead atoms. The van der Waals surface area contributed by atoms with E-state index in [9.17, 15) is 5.11 Å². The Hall–Kier alpha value is -1.98. The summed E-state index contributed by atoms with van der Waals surface area (Å²) in [5.41, 5.74) is 6.09. The highest BCUT2D eigenvalue weighted by Crippen LogP contribution is 2.25. The van der Waals surface area contributed by atoms with Crippen molar-refractivity contribution in [3.8, 4) is 28.3 Å². The van der Waals surface area contributed by atoms with Crippen molar-refractivity contribution in [2.24, 2.45) is 0 Å². The van der Waals surface area contributed by atoms with Gasteiger partial charge in [-0.05, 0) is 23.3 Å². The molecule has 19 heavy (non-hydrogen) atoms. The third-order valence-electron chi connectivity index (χ3n) is 2.68. The van der Waals surface area contributed by atoms with Gasteiger partial charge >= 0.3 is 0 Å². The molecule has 2 aromatic rings. The normalized spacial score (nSPS) is 10.7. The Balaban J connectivity index is 2.35. The lowest BCUT2D eigenvalue weighted by atomic mass is 10.0. The minimum atomic E-state index is -1.41. The first kappa shape index (κ1) is 13.4. The lowest BCUT2D eigenvalue weighted by Crippen LogP contribution is -2.16. The minimum Gasteiger partial charge on any atom is -0.507 e. The van der Waals surface area contributed by atoms with Crippen molar-refractivity contribution in [2.45, 2.75) is 19.6 Å². The Morgan fingerprint density at radius 1 is 0.895 bits per heavy atom. The molecular formula is C17H18OSi. The van der Waals surface area contributed by atoms with Crippen LogP contribution in [0.25, 0.3) is 11.1 Å². The number of phenolic OH excluding ortho intramolecular Hbond substituents is 1. The molecule has 0 saturated heterocycles. The van der Waals surface area contributed by atoms with Crippen LogP contribution in [0, 0.1) is 11.5 Å². The van der Waals surface area contributed by atoms with Gasteiger partial charge in [-0.2, -0.15) is 0 Å². The maximum Gasteiger partial charge on any atom is 0.131 e. The first-order valence-corrected chi connectivity index (χ1v) is 9.87. The summed E-state index contributed by atoms with van der Waals surface area (Å²) in [4.78, 5) is 0. The van der Waals surface area contributed by atoms with Crippen molar-refractivity contribution in [1.29, 1.82) is 0 Å². The molecule has 0 aliphatic heterocycles. The molecular weight excluding hydrogens is 248 g/mol. The van der Waals surface area contributed by atoms with E-state index < -0.39 is 8.07 Å². The maximum absolute atomic E-state index is 10.1. The lowest BCUT2D eigenvalue weighted by molar-refractivity contribution is 0.474. The molecule has 0 fully saturated rings. The molecule has 0 aliphatic rings. The number of rotatable bonds is 1. The van der Waals surface area contributed by atoms with Gasteiger partial charge in [0.2, 0.25) is 0 Å². The third kappa shape index (κ3) is 3.74. The largest absolute Gasteiger partial charge is 0.507 e. The average Bonchev–Trinajstić information content (AvgIpc) is 2.37. The topological polar surface area (TPSA) is 20.2 Å². The van der Waals surface area contributed by atoms with Gasteiger partial charge in [0.05, 0.1) is 5.56 Å². The number of hydrogen-bond acceptors (Lipinski definition) is 1. The molecule has 0 amide bonds. The predicted molar refractivity (Wildman–Crippen MR) is 83.8 cm³/mol. The van der Waals surface area contributed by atoms with Crippen LogP contribution in [0.4, 0.5) is 0 Å². The van der Waals surface area contributed by atoms with E-state index in [0.717, 1.165) is 11.1 Å². The molecule has 96 valence electrons. The van der Waals surface area contributed by atoms with E-state index in [4.69, 9.17) is 0 Å². The van der Waals surface area contributed by atoms with Crippen molar-refractivity contribution in [1.82, 2.24) is 0 Å². The van der Waals surface area contributed by atoms with Gasteiger partial charge < -0.3 is 5.11 Å². The van der Waals surface area contributed by atoms with Gasteiger partial charge in [0.15, 0.2) is 0 Å². The summed E-state index contributed by atoms with van der Waals surface area (Å²) < 4.78 is 0. The summed E-state index contributed by atoms with van der Waals surface area (Å²) in [6.07, 6.45) is 0. The second kappa shape index (κ2) is 5.34. The summed E-state index contributed by atoms with van der Waals surface area (Å²) in [6.45, 7) is 6.57. The van der Waals surface area contributed by atoms with Crippen molar-refractivity contribution in [3.63, 3.8) is 0 Å². The fourth-order valence-corrected chi connectivity index (χ4v) is 2.21. The van der Waals surface area contributed by atoms with Crippen LogP contribution in [0.5, 0.6) is 5.75 Å². The smallest absolute Gasteiger partial charge is 0.131 e. The highest BCUT2D eigenvalue weighted by molar-refractivity contribution is 6.83. The number of benzene rings is 2. The van der Waals surface area contributed by atoms with E-state index in [1.54, 1.807) is 6.07 Å². The molecule has 2 rings (SSSR count). The maximum atomic E-state index is 10.1. The van der Waals surface area contributed by atoms with Crippen LogP contribution in [0.1, 0.15) is 5.56 Å². The molecule has 2 heteroatoms. The van der Waals surface area contributed by atoms with Crippen LogP contribution in [0.15, 0.2) is 48.5 Å². The fourth-order valence-electron chi connectivity index (χ4n) is 1.70. The molecule has 0 saturated carbocycles. The molecule has 1 N–H and O–H groups in total. The van der Waals surface area contributed by atoms with Crippen molar-refractivity contribution >= 4 is 8.07 Å². The number of hydrogen-bond donors (Lipinski definition) is 1. The van der Waals surface area contributed by atoms with Crippen LogP contribution in [-0.4, -0.2) is 13.2 Å². The molecule has 0 aromatic heterocycles. The number of aromatic hydroxyl groups is 1. The molecule has 0 radical (unpaired) electrons. The number of phenols is 1. The Bertz CT molecular complexity index is 628. The van der Waals surface area contributed by atoms with Gasteiger partial charge in [-0.1, -0.05) is 62.0 Å². The zero-order valence-corrected chi connectivity index (χ0v) is 12.6. The van der Waals surface area contributed by atoms with Gasteiger partial charge in [0.25, 0.3) is 0 Å². The quantitative estimate of drug-likeness (QED) is 0.603. The van der Waals surface area contributed by atoms with Crippen molar-refractivity contribution < 1.29 is 5.11 Å². The van der Waals surface area contributed by atoms with Crippen LogP contribution in [0.2, 0.25) is 19.6 Å². The molecule has 1 nitrogen and oxygen atoms in total. The minimum absolute atomic E-state index is 0.257. The van der Waals surface area contributed by atoms with Crippen LogP contribution >= 0.6 is 0 Å². The van der Waals surface area contributed by atoms with Gasteiger partial charge in [0, 0.05) is 0 Å². The van der Waals surface area contributed by atoms with E-state index >= 15 is 0 Å². The monoisotopic (exact) mass is 266 g/mol. The summed E-state index contributed by atoms with van der Waals surface area (Å²) in [6, 6.07) is 15.7. The summed E-state index contributed by atoms with van der Waals surface area (Å²) in [7, 11) is -1.41. The molecule has 2 aromatic carbocycles. The fraction of sp³-hybridized carbons (Fsp3) is 0.176. The Morgan fingerprint density at radius 3 is 2.16 bits per heavy atom. The first-order chi connectivity index (χ1) is 8.96. The van der Waals surface area contributed by atoms with E-state index in [1.807, 2.05) is 42.5 Å². The SMILES string of the molecule is C[Si](C)(C)C#Cc1ccc(-c2ccccc2)cc1O. The Morgan fingerprint density at radius 2 is 1.58 bits per heavy atom. The second-order valence-electron chi connectivity index (χ2n) is 5.60. The van der Waals surface area contributed by atoms with Crippen LogP contribution < -0.4 is 0 Å². The molecule has 0 aliphatic carbocycles. The molecule has 0 atom stereocenters. The van der Waals surface area contributed by atoms with Crippen molar-refractivity contribution in [3.05, 3.63) is 54.1 Å². The zero-order chi connectivity index (χ0) is 13.9. The van der Waals surface area contributed by atoms with Gasteiger partial charge in [0.1, 0.15) is 13.8 Å². The third-order valence-corrected chi connectivity index (χ3v) is 3.55. The molecule has 0 unspecified atom stereocenters. The summed E-state index contributed by atoms with van der Waals surface area (Å²) >= 11 is 0. The lowest BCUT2D eigenvalue weighted by Gasteiger charge is -2.06. The van der Waals surface area contributed by atoms with E-state index in [0.29, 0.717) is 5.56 Å². The molecule has 0 spiro atoms. The van der Waals surface area contributed by atoms with E-state index in [2.05, 4.69) is 31.1 Å². The second-order valence-corrected chi connectivity index (χ2v) is 10.3. The van der Waals surface area contributed by atoms with Gasteiger partial charge in [-0.15, -0.1) is 5.54 Å². The zero-order valence-electron chi connectivity index (χ0n) is 11.6. The Kier molecular flexibility index (Phi) is 3.78. The van der Waals surface area contributed by atoms with E-state index in [1.165, 1.54) is 0 Å². The van der Waals surface area contributed by atoms with Crippen LogP contribution in [-0.2, 0) is 0 Å². The Labute approximate surface area is 115 Å². The van der Waals surface area contributed by atoms with Crippen LogP contribution in [0.3, 0.4) is 0 Å². The van der Waals surface area contributed by atoms with Gasteiger partial charge in [-0.3, -0.25) is 0 Å². The van der Waals surface area contributed by atoms with Crippen molar-refractivity contribution in [2.75, 3.05) is 0 Å². The summed E-state index contributed by atoms with van der Waals surface area (Å²) in [5, 5.41) is 10.1. The van der Waals surface area contributed by atoms with Gasteiger partial charge in [-0.25, -0.2) is 0 Å². The summed E-state index contributed by atoms with van der Waals surface area (Å²) in [5.74, 6) is 3.35. The highest BCUT2D eigenvalue weighted by Gasteiger charge is 2.08. The predicted octanol–water partition coefficient (Wildman–Crippen LogP) is 4.29. The standard InChI is InChI=1S/C17H18OSi/c1-19(2,3)12-11-15-9-10-16(13-17(15)18)14-7-5-4-6-8-14/h4-10,13,18H,1-3H3. The average molecular weight is 266 g/mol. The molecule has 0 heterocycles. The first-order valence-electron chi connectivity index (χ1n) is 6.37. The van der Waals surface area contributed by atoms with E-state index in [-0.39, 0.29) is 5.75 Å².